The van der Waals surface area contributed by atoms with Gasteiger partial charge in [0.15, 0.2) is 5.96 Å². The number of aliphatic imine (C=N–C) groups is 1. The number of fused-ring (bicyclic) bond motifs is 2. The summed E-state index contributed by atoms with van der Waals surface area (Å²) in [5, 5.41) is 4.35. The van der Waals surface area contributed by atoms with Gasteiger partial charge >= 0.3 is 0 Å². The van der Waals surface area contributed by atoms with Crippen molar-refractivity contribution < 1.29 is 0 Å². The van der Waals surface area contributed by atoms with Gasteiger partial charge in [-0.05, 0) is 66.6 Å². The Kier molecular flexibility index (Phi) is 5.57. The summed E-state index contributed by atoms with van der Waals surface area (Å²) in [6, 6.07) is 10.5. The van der Waals surface area contributed by atoms with Gasteiger partial charge in [0.05, 0.1) is 0 Å². The van der Waals surface area contributed by atoms with E-state index in [0.717, 1.165) is 29.6 Å². The first-order valence-corrected chi connectivity index (χ1v) is 8.39. The van der Waals surface area contributed by atoms with Crippen molar-refractivity contribution >= 4 is 46.7 Å². The Morgan fingerprint density at radius 2 is 2.12 bits per heavy atom. The zero-order chi connectivity index (χ0) is 16.4. The van der Waals surface area contributed by atoms with Gasteiger partial charge in [-0.3, -0.25) is 4.99 Å². The number of rotatable bonds is 4. The fourth-order valence-corrected chi connectivity index (χ4v) is 3.35. The number of aromatic nitrogens is 2. The summed E-state index contributed by atoms with van der Waals surface area (Å²) in [5.74, 6) is 0.464. The molecule has 3 aromatic rings. The van der Waals surface area contributed by atoms with E-state index in [2.05, 4.69) is 44.5 Å². The summed E-state index contributed by atoms with van der Waals surface area (Å²) in [6.07, 6.45) is 8.23. The van der Waals surface area contributed by atoms with Crippen LogP contribution in [0.15, 0.2) is 47.7 Å². The second-order valence-electron chi connectivity index (χ2n) is 6.19. The molecule has 4 N–H and O–H groups in total. The Labute approximate surface area is 164 Å². The molecule has 1 aliphatic carbocycles. The number of nitrogens with two attached hydrogens (primary N) is 1. The first-order chi connectivity index (χ1) is 11.8. The molecule has 0 radical (unpaired) electrons. The molecule has 2 heterocycles. The molecular formula is C19H22IN5. The molecule has 0 saturated heterocycles. The van der Waals surface area contributed by atoms with Crippen LogP contribution >= 0.6 is 24.0 Å². The number of hydrogen-bond acceptors (Lipinski definition) is 2. The molecule has 0 amide bonds. The third-order valence-corrected chi connectivity index (χ3v) is 4.57. The van der Waals surface area contributed by atoms with Crippen LogP contribution in [0.1, 0.15) is 23.1 Å². The van der Waals surface area contributed by atoms with Crippen molar-refractivity contribution in [2.45, 2.75) is 25.7 Å². The quantitative estimate of drug-likeness (QED) is 0.325. The van der Waals surface area contributed by atoms with Gasteiger partial charge in [0, 0.05) is 30.0 Å². The molecule has 1 aromatic carbocycles. The van der Waals surface area contributed by atoms with Gasteiger partial charge in [0.25, 0.3) is 0 Å². The van der Waals surface area contributed by atoms with Crippen LogP contribution < -0.4 is 11.1 Å². The van der Waals surface area contributed by atoms with Crippen LogP contribution in [0.3, 0.4) is 0 Å². The van der Waals surface area contributed by atoms with E-state index < -0.39 is 0 Å². The molecule has 6 heteroatoms. The van der Waals surface area contributed by atoms with Crippen molar-refractivity contribution in [3.63, 3.8) is 0 Å². The second-order valence-corrected chi connectivity index (χ2v) is 6.19. The zero-order valence-corrected chi connectivity index (χ0v) is 16.3. The minimum atomic E-state index is 0. The summed E-state index contributed by atoms with van der Waals surface area (Å²) in [6.45, 7) is 0.644. The third-order valence-electron chi connectivity index (χ3n) is 4.57. The number of H-pyrrole nitrogens is 1. The highest BCUT2D eigenvalue weighted by molar-refractivity contribution is 14.0. The summed E-state index contributed by atoms with van der Waals surface area (Å²) in [5.41, 5.74) is 12.1. The molecule has 25 heavy (non-hydrogen) atoms. The second kappa shape index (κ2) is 7.86. The van der Waals surface area contributed by atoms with E-state index in [9.17, 15) is 0 Å². The average molecular weight is 447 g/mol. The van der Waals surface area contributed by atoms with Crippen molar-refractivity contribution in [3.8, 4) is 0 Å². The number of nitrogens with one attached hydrogen (secondary N) is 2. The maximum Gasteiger partial charge on any atom is 0.193 e. The first kappa shape index (κ1) is 17.7. The number of anilines is 1. The number of nitrogens with zero attached hydrogens (tertiary/aromatic N) is 2. The third kappa shape index (κ3) is 3.95. The van der Waals surface area contributed by atoms with E-state index in [1.807, 2.05) is 12.3 Å². The maximum absolute atomic E-state index is 6.02. The molecular weight excluding hydrogens is 425 g/mol. The summed E-state index contributed by atoms with van der Waals surface area (Å²) in [7, 11) is 0. The molecule has 0 fully saturated rings. The van der Waals surface area contributed by atoms with Crippen LogP contribution in [0.25, 0.3) is 11.0 Å². The average Bonchev–Trinajstić information content (AvgIpc) is 3.21. The van der Waals surface area contributed by atoms with Crippen LogP contribution in [0.2, 0.25) is 0 Å². The molecule has 0 bridgehead atoms. The van der Waals surface area contributed by atoms with Gasteiger partial charge in [-0.2, -0.15) is 0 Å². The normalized spacial score (nSPS) is 13.5. The number of aromatic amines is 1. The molecule has 5 nitrogen and oxygen atoms in total. The van der Waals surface area contributed by atoms with Gasteiger partial charge in [-0.1, -0.05) is 6.07 Å². The lowest BCUT2D eigenvalue weighted by molar-refractivity contribution is 0.912. The van der Waals surface area contributed by atoms with E-state index >= 15 is 0 Å². The highest BCUT2D eigenvalue weighted by atomic mass is 127. The van der Waals surface area contributed by atoms with Crippen LogP contribution in [0.4, 0.5) is 5.69 Å². The Hall–Kier alpha value is -2.09. The van der Waals surface area contributed by atoms with E-state index in [0.29, 0.717) is 12.5 Å². The molecule has 130 valence electrons. The largest absolute Gasteiger partial charge is 0.370 e. The van der Waals surface area contributed by atoms with E-state index in [1.54, 1.807) is 6.20 Å². The number of benzene rings is 1. The van der Waals surface area contributed by atoms with Crippen LogP contribution in [-0.2, 0) is 19.3 Å². The summed E-state index contributed by atoms with van der Waals surface area (Å²) >= 11 is 0. The lowest BCUT2D eigenvalue weighted by atomic mass is 10.1. The van der Waals surface area contributed by atoms with Crippen LogP contribution in [0.5, 0.6) is 0 Å². The summed E-state index contributed by atoms with van der Waals surface area (Å²) in [4.78, 5) is 11.9. The Morgan fingerprint density at radius 3 is 3.04 bits per heavy atom. The standard InChI is InChI=1S/C19H21N5.HI/c20-19(24-16-7-6-13-3-1-4-14(13)11-16)22-10-8-15-12-23-18-17(15)5-2-9-21-18;/h2,5-7,9,11-12H,1,3-4,8,10H2,(H,21,23)(H3,20,22,24);1H. The number of pyridine rings is 1. The molecule has 2 aromatic heterocycles. The molecule has 0 aliphatic heterocycles. The number of guanidine groups is 1. The number of halogens is 1. The van der Waals surface area contributed by atoms with Crippen molar-refractivity contribution in [2.24, 2.45) is 10.7 Å². The van der Waals surface area contributed by atoms with Gasteiger partial charge in [-0.15, -0.1) is 24.0 Å². The molecule has 4 rings (SSSR count). The summed E-state index contributed by atoms with van der Waals surface area (Å²) < 4.78 is 0. The van der Waals surface area contributed by atoms with E-state index in [-0.39, 0.29) is 24.0 Å². The van der Waals surface area contributed by atoms with Gasteiger partial charge in [0.2, 0.25) is 0 Å². The van der Waals surface area contributed by atoms with E-state index in [1.165, 1.54) is 29.5 Å². The van der Waals surface area contributed by atoms with Crippen LogP contribution in [-0.4, -0.2) is 22.5 Å². The van der Waals surface area contributed by atoms with Gasteiger partial charge in [0.1, 0.15) is 5.65 Å². The van der Waals surface area contributed by atoms with Crippen molar-refractivity contribution in [2.75, 3.05) is 11.9 Å². The van der Waals surface area contributed by atoms with E-state index in [4.69, 9.17) is 5.73 Å². The topological polar surface area (TPSA) is 79.1 Å². The van der Waals surface area contributed by atoms with Gasteiger partial charge < -0.3 is 16.0 Å². The Morgan fingerprint density at radius 1 is 1.24 bits per heavy atom. The number of hydrogen-bond donors (Lipinski definition) is 3. The van der Waals surface area contributed by atoms with Crippen molar-refractivity contribution in [1.82, 2.24) is 9.97 Å². The predicted molar refractivity (Wildman–Crippen MR) is 114 cm³/mol. The Balaban J connectivity index is 0.00000182. The molecule has 1 aliphatic rings. The molecule has 0 unspecified atom stereocenters. The van der Waals surface area contributed by atoms with Crippen LogP contribution in [0, 0.1) is 0 Å². The number of aryl methyl sites for hydroxylation is 2. The molecule has 0 atom stereocenters. The van der Waals surface area contributed by atoms with Crippen molar-refractivity contribution in [3.05, 3.63) is 59.4 Å². The SMILES string of the molecule is I.NC(=NCCc1c[nH]c2ncccc12)Nc1ccc2c(c1)CCC2. The molecule has 0 spiro atoms. The minimum Gasteiger partial charge on any atom is -0.370 e. The molecule has 0 saturated carbocycles. The smallest absolute Gasteiger partial charge is 0.193 e. The highest BCUT2D eigenvalue weighted by Crippen LogP contribution is 2.24. The Bertz CT molecular complexity index is 900. The zero-order valence-electron chi connectivity index (χ0n) is 14.0. The monoisotopic (exact) mass is 447 g/mol. The highest BCUT2D eigenvalue weighted by Gasteiger charge is 2.10. The minimum absolute atomic E-state index is 0. The fourth-order valence-electron chi connectivity index (χ4n) is 3.35. The lowest BCUT2D eigenvalue weighted by Crippen LogP contribution is -2.23. The van der Waals surface area contributed by atoms with Crippen molar-refractivity contribution in [1.29, 1.82) is 0 Å². The maximum atomic E-state index is 6.02. The fraction of sp³-hybridized carbons (Fsp3) is 0.263. The lowest BCUT2D eigenvalue weighted by Gasteiger charge is -2.08. The van der Waals surface area contributed by atoms with Gasteiger partial charge in [-0.25, -0.2) is 4.98 Å². The first-order valence-electron chi connectivity index (χ1n) is 8.39. The predicted octanol–water partition coefficient (Wildman–Crippen LogP) is 3.64.